The summed E-state index contributed by atoms with van der Waals surface area (Å²) in [5.74, 6) is -0.506. The molecule has 3 nitrogen and oxygen atoms in total. The van der Waals surface area contributed by atoms with Crippen LogP contribution in [-0.2, 0) is 11.3 Å². The molecule has 0 saturated heterocycles. The van der Waals surface area contributed by atoms with Crippen molar-refractivity contribution in [1.29, 1.82) is 0 Å². The summed E-state index contributed by atoms with van der Waals surface area (Å²) in [4.78, 5) is 0. The number of hydrogen-bond donors (Lipinski definition) is 2. The molecule has 1 heterocycles. The van der Waals surface area contributed by atoms with Crippen LogP contribution in [0.3, 0.4) is 0 Å². The minimum Gasteiger partial charge on any atom is -0.496 e. The highest BCUT2D eigenvalue weighted by atomic mass is 35.5. The zero-order chi connectivity index (χ0) is 20.6. The van der Waals surface area contributed by atoms with E-state index in [0.717, 1.165) is 11.1 Å². The van der Waals surface area contributed by atoms with Crippen LogP contribution in [-0.4, -0.2) is 17.8 Å². The third-order valence-corrected chi connectivity index (χ3v) is 4.82. The van der Waals surface area contributed by atoms with Crippen molar-refractivity contribution in [2.75, 3.05) is 6.54 Å². The van der Waals surface area contributed by atoms with Crippen LogP contribution in [0.4, 0.5) is 4.39 Å². The van der Waals surface area contributed by atoms with Gasteiger partial charge >= 0.3 is 0 Å². The minimum absolute atomic E-state index is 0.268. The number of ether oxygens (including phenoxy) is 1. The van der Waals surface area contributed by atoms with Crippen LogP contribution in [0.25, 0.3) is 5.57 Å². The standard InChI is InChI=1S/C24H23ClFNO2/c1-17(24(28)19-9-5-6-12-27-14-19)22(21-11-10-20(25)13-23(21)26)16-29-15-18-7-3-2-4-8-18/h2-8,10-11,13-14,16,24,27-28H,1,9,12,15H2/b22-16+. The van der Waals surface area contributed by atoms with Gasteiger partial charge in [0.2, 0.25) is 0 Å². The molecular weight excluding hydrogens is 389 g/mol. The summed E-state index contributed by atoms with van der Waals surface area (Å²) in [6, 6.07) is 14.0. The summed E-state index contributed by atoms with van der Waals surface area (Å²) in [7, 11) is 0. The first-order chi connectivity index (χ1) is 14.1. The Morgan fingerprint density at radius 3 is 2.79 bits per heavy atom. The first-order valence-electron chi connectivity index (χ1n) is 9.32. The molecule has 0 aliphatic carbocycles. The largest absolute Gasteiger partial charge is 0.496 e. The molecule has 2 N–H and O–H groups in total. The van der Waals surface area contributed by atoms with Gasteiger partial charge in [-0.25, -0.2) is 4.39 Å². The van der Waals surface area contributed by atoms with Gasteiger partial charge in [0, 0.05) is 22.7 Å². The fourth-order valence-electron chi connectivity index (χ4n) is 3.00. The predicted octanol–water partition coefficient (Wildman–Crippen LogP) is 5.39. The molecule has 0 aromatic heterocycles. The summed E-state index contributed by atoms with van der Waals surface area (Å²) >= 11 is 5.90. The van der Waals surface area contributed by atoms with E-state index in [1.54, 1.807) is 18.3 Å². The number of nitrogens with one attached hydrogen (secondary N) is 1. The van der Waals surface area contributed by atoms with Crippen LogP contribution in [0.1, 0.15) is 17.5 Å². The zero-order valence-corrected chi connectivity index (χ0v) is 16.7. The molecule has 0 amide bonds. The lowest BCUT2D eigenvalue weighted by atomic mass is 9.91. The fourth-order valence-corrected chi connectivity index (χ4v) is 3.16. The van der Waals surface area contributed by atoms with Crippen molar-refractivity contribution in [2.45, 2.75) is 19.1 Å². The highest BCUT2D eigenvalue weighted by Gasteiger charge is 2.21. The highest BCUT2D eigenvalue weighted by molar-refractivity contribution is 6.30. The molecule has 2 aromatic carbocycles. The Morgan fingerprint density at radius 1 is 1.24 bits per heavy atom. The second kappa shape index (κ2) is 10.1. The van der Waals surface area contributed by atoms with Gasteiger partial charge in [-0.05, 0) is 47.5 Å². The van der Waals surface area contributed by atoms with Crippen LogP contribution < -0.4 is 5.32 Å². The Kier molecular flexibility index (Phi) is 7.28. The second-order valence-electron chi connectivity index (χ2n) is 6.68. The van der Waals surface area contributed by atoms with Crippen LogP contribution in [0.2, 0.25) is 5.02 Å². The Morgan fingerprint density at radius 2 is 2.03 bits per heavy atom. The number of halogens is 2. The van der Waals surface area contributed by atoms with E-state index in [-0.39, 0.29) is 5.56 Å². The third-order valence-electron chi connectivity index (χ3n) is 4.59. The van der Waals surface area contributed by atoms with Crippen molar-refractivity contribution in [2.24, 2.45) is 0 Å². The quantitative estimate of drug-likeness (QED) is 0.365. The monoisotopic (exact) mass is 411 g/mol. The van der Waals surface area contributed by atoms with Gasteiger partial charge in [-0.3, -0.25) is 0 Å². The first kappa shape index (κ1) is 20.9. The van der Waals surface area contributed by atoms with Gasteiger partial charge in [-0.15, -0.1) is 0 Å². The van der Waals surface area contributed by atoms with Gasteiger partial charge in [-0.1, -0.05) is 60.7 Å². The maximum atomic E-state index is 14.6. The molecule has 1 aliphatic heterocycles. The number of allylic oxidation sites excluding steroid dienone is 1. The average Bonchev–Trinajstić information content (AvgIpc) is 3.01. The number of hydrogen-bond acceptors (Lipinski definition) is 3. The molecule has 0 saturated carbocycles. The van der Waals surface area contributed by atoms with Gasteiger partial charge in [-0.2, -0.15) is 0 Å². The molecule has 29 heavy (non-hydrogen) atoms. The van der Waals surface area contributed by atoms with Gasteiger partial charge in [0.05, 0.1) is 6.26 Å². The van der Waals surface area contributed by atoms with Crippen molar-refractivity contribution < 1.29 is 14.2 Å². The third kappa shape index (κ3) is 5.59. The lowest BCUT2D eigenvalue weighted by Gasteiger charge is -2.20. The number of benzene rings is 2. The summed E-state index contributed by atoms with van der Waals surface area (Å²) in [6.45, 7) is 5.04. The summed E-state index contributed by atoms with van der Waals surface area (Å²) in [5, 5.41) is 14.3. The van der Waals surface area contributed by atoms with Crippen molar-refractivity contribution >= 4 is 17.2 Å². The SMILES string of the molecule is C=C(/C(=C\OCc1ccccc1)c1ccc(Cl)cc1F)C(O)C1=CNCC=CC1. The van der Waals surface area contributed by atoms with E-state index >= 15 is 0 Å². The van der Waals surface area contributed by atoms with Gasteiger partial charge in [0.1, 0.15) is 18.5 Å². The Hall–Kier alpha value is -2.82. The summed E-state index contributed by atoms with van der Waals surface area (Å²) in [6.07, 6.45) is 6.78. The molecule has 1 atom stereocenters. The molecular formula is C24H23ClFNO2. The van der Waals surface area contributed by atoms with E-state index in [1.165, 1.54) is 12.3 Å². The van der Waals surface area contributed by atoms with Crippen LogP contribution in [0.15, 0.2) is 90.9 Å². The minimum atomic E-state index is -0.980. The van der Waals surface area contributed by atoms with Crippen LogP contribution in [0, 0.1) is 5.82 Å². The molecule has 1 unspecified atom stereocenters. The molecule has 0 bridgehead atoms. The topological polar surface area (TPSA) is 41.5 Å². The number of rotatable bonds is 7. The molecule has 5 heteroatoms. The van der Waals surface area contributed by atoms with Crippen LogP contribution >= 0.6 is 11.6 Å². The van der Waals surface area contributed by atoms with Crippen LogP contribution in [0.5, 0.6) is 0 Å². The van der Waals surface area contributed by atoms with E-state index in [2.05, 4.69) is 11.9 Å². The predicted molar refractivity (Wildman–Crippen MR) is 116 cm³/mol. The molecule has 0 spiro atoms. The van der Waals surface area contributed by atoms with Crippen molar-refractivity contribution in [3.8, 4) is 0 Å². The lowest BCUT2D eigenvalue weighted by molar-refractivity contribution is 0.233. The van der Waals surface area contributed by atoms with E-state index in [1.807, 2.05) is 42.5 Å². The van der Waals surface area contributed by atoms with Crippen molar-refractivity contribution in [1.82, 2.24) is 5.32 Å². The molecule has 150 valence electrons. The first-order valence-corrected chi connectivity index (χ1v) is 9.69. The second-order valence-corrected chi connectivity index (χ2v) is 7.12. The molecule has 0 radical (unpaired) electrons. The molecule has 0 fully saturated rings. The van der Waals surface area contributed by atoms with E-state index in [4.69, 9.17) is 16.3 Å². The highest BCUT2D eigenvalue weighted by Crippen LogP contribution is 2.31. The average molecular weight is 412 g/mol. The summed E-state index contributed by atoms with van der Waals surface area (Å²) in [5.41, 5.74) is 2.72. The molecule has 1 aliphatic rings. The summed E-state index contributed by atoms with van der Waals surface area (Å²) < 4.78 is 20.4. The van der Waals surface area contributed by atoms with E-state index in [0.29, 0.717) is 35.7 Å². The van der Waals surface area contributed by atoms with Gasteiger partial charge in [0.25, 0.3) is 0 Å². The normalized spacial score (nSPS) is 15.1. The Bertz CT molecular complexity index is 951. The molecule has 2 aromatic rings. The number of aliphatic hydroxyl groups is 1. The fraction of sp³-hybridized carbons (Fsp3) is 0.167. The van der Waals surface area contributed by atoms with Crippen molar-refractivity contribution in [3.63, 3.8) is 0 Å². The van der Waals surface area contributed by atoms with Crippen molar-refractivity contribution in [3.05, 3.63) is 113 Å². The van der Waals surface area contributed by atoms with Gasteiger partial charge in [0.15, 0.2) is 0 Å². The maximum absolute atomic E-state index is 14.6. The van der Waals surface area contributed by atoms with Gasteiger partial charge < -0.3 is 15.2 Å². The zero-order valence-electron chi connectivity index (χ0n) is 15.9. The number of aliphatic hydroxyl groups excluding tert-OH is 1. The van der Waals surface area contributed by atoms with E-state index < -0.39 is 11.9 Å². The molecule has 3 rings (SSSR count). The Labute approximate surface area is 175 Å². The smallest absolute Gasteiger partial charge is 0.132 e. The van der Waals surface area contributed by atoms with E-state index in [9.17, 15) is 9.50 Å². The maximum Gasteiger partial charge on any atom is 0.132 e. The Balaban J connectivity index is 1.88. The lowest BCUT2D eigenvalue weighted by Crippen LogP contribution is -2.17.